The van der Waals surface area contributed by atoms with Gasteiger partial charge in [-0.05, 0) is 55.7 Å². The molecule has 29 heavy (non-hydrogen) atoms. The van der Waals surface area contributed by atoms with Crippen LogP contribution in [0.2, 0.25) is 0 Å². The number of rotatable bonds is 5. The molecule has 0 saturated carbocycles. The molecule has 0 unspecified atom stereocenters. The Hall–Kier alpha value is -3.13. The van der Waals surface area contributed by atoms with Crippen molar-refractivity contribution in [3.8, 4) is 0 Å². The number of aryl methyl sites for hydroxylation is 1. The normalized spacial score (nSPS) is 13.5. The molecule has 1 aromatic carbocycles. The van der Waals surface area contributed by atoms with Crippen LogP contribution in [0.3, 0.4) is 0 Å². The Labute approximate surface area is 171 Å². The highest BCUT2D eigenvalue weighted by Gasteiger charge is 2.22. The van der Waals surface area contributed by atoms with Gasteiger partial charge in [0.25, 0.3) is 11.8 Å². The average Bonchev–Trinajstić information content (AvgIpc) is 3.45. The molecule has 1 aliphatic heterocycles. The predicted molar refractivity (Wildman–Crippen MR) is 112 cm³/mol. The third-order valence-corrected chi connectivity index (χ3v) is 5.93. The van der Waals surface area contributed by atoms with Crippen molar-refractivity contribution in [3.05, 3.63) is 64.7 Å². The number of halogens is 1. The van der Waals surface area contributed by atoms with Gasteiger partial charge in [-0.2, -0.15) is 0 Å². The van der Waals surface area contributed by atoms with Crippen LogP contribution in [0.5, 0.6) is 0 Å². The molecule has 0 atom stereocenters. The number of para-hydroxylation sites is 1. The van der Waals surface area contributed by atoms with E-state index < -0.39 is 17.6 Å². The van der Waals surface area contributed by atoms with Gasteiger partial charge >= 0.3 is 0 Å². The van der Waals surface area contributed by atoms with Crippen molar-refractivity contribution in [1.29, 1.82) is 0 Å². The van der Waals surface area contributed by atoms with Gasteiger partial charge in [0.05, 0.1) is 21.8 Å². The number of carbonyl (C=O) groups excluding carboxylic acids is 2. The summed E-state index contributed by atoms with van der Waals surface area (Å²) in [6, 6.07) is 9.70. The van der Waals surface area contributed by atoms with Gasteiger partial charge in [0, 0.05) is 13.1 Å². The number of thiophene rings is 1. The number of benzene rings is 1. The molecule has 2 aromatic heterocycles. The first-order chi connectivity index (χ1) is 14.0. The molecule has 0 bridgehead atoms. The highest BCUT2D eigenvalue weighted by atomic mass is 32.1. The number of hydrogen-bond donors (Lipinski definition) is 2. The largest absolute Gasteiger partial charge is 0.459 e. The van der Waals surface area contributed by atoms with Gasteiger partial charge in [-0.15, -0.1) is 11.3 Å². The van der Waals surface area contributed by atoms with Crippen LogP contribution < -0.4 is 15.5 Å². The first-order valence-electron chi connectivity index (χ1n) is 9.33. The van der Waals surface area contributed by atoms with Crippen molar-refractivity contribution in [2.24, 2.45) is 0 Å². The summed E-state index contributed by atoms with van der Waals surface area (Å²) < 4.78 is 19.6. The van der Waals surface area contributed by atoms with Crippen LogP contribution in [0.1, 0.15) is 38.6 Å². The molecule has 0 radical (unpaired) electrons. The number of nitrogens with zero attached hydrogens (tertiary/aromatic N) is 1. The van der Waals surface area contributed by atoms with Crippen LogP contribution in [0.15, 0.2) is 47.1 Å². The van der Waals surface area contributed by atoms with E-state index in [1.54, 1.807) is 31.2 Å². The van der Waals surface area contributed by atoms with Crippen LogP contribution >= 0.6 is 11.3 Å². The molecule has 3 heterocycles. The summed E-state index contributed by atoms with van der Waals surface area (Å²) in [6.45, 7) is 3.46. The zero-order valence-electron chi connectivity index (χ0n) is 15.8. The second-order valence-corrected chi connectivity index (χ2v) is 7.89. The summed E-state index contributed by atoms with van der Waals surface area (Å²) in [4.78, 5) is 27.5. The first-order valence-corrected chi connectivity index (χ1v) is 10.1. The van der Waals surface area contributed by atoms with Crippen LogP contribution in [-0.2, 0) is 0 Å². The van der Waals surface area contributed by atoms with E-state index in [0.717, 1.165) is 37.3 Å². The molecule has 1 aliphatic rings. The van der Waals surface area contributed by atoms with Gasteiger partial charge in [0.2, 0.25) is 0 Å². The Morgan fingerprint density at radius 2 is 1.90 bits per heavy atom. The monoisotopic (exact) mass is 413 g/mol. The van der Waals surface area contributed by atoms with Gasteiger partial charge in [0.15, 0.2) is 5.76 Å². The summed E-state index contributed by atoms with van der Waals surface area (Å²) >= 11 is 1.13. The Kier molecular flexibility index (Phi) is 5.35. The van der Waals surface area contributed by atoms with E-state index in [0.29, 0.717) is 21.1 Å². The number of carbonyl (C=O) groups is 2. The van der Waals surface area contributed by atoms with Crippen molar-refractivity contribution in [1.82, 2.24) is 0 Å². The predicted octanol–water partition coefficient (Wildman–Crippen LogP) is 4.89. The Bertz CT molecular complexity index is 1040. The molecule has 1 saturated heterocycles. The maximum Gasteiger partial charge on any atom is 0.291 e. The third kappa shape index (κ3) is 4.02. The lowest BCUT2D eigenvalue weighted by molar-refractivity contribution is 0.0995. The first kappa shape index (κ1) is 19.2. The maximum absolute atomic E-state index is 14.5. The van der Waals surface area contributed by atoms with Crippen LogP contribution in [0.25, 0.3) is 0 Å². The fourth-order valence-corrected chi connectivity index (χ4v) is 4.34. The second kappa shape index (κ2) is 8.08. The van der Waals surface area contributed by atoms with Crippen molar-refractivity contribution >= 4 is 39.5 Å². The van der Waals surface area contributed by atoms with E-state index in [1.165, 1.54) is 12.3 Å². The molecular weight excluding hydrogens is 393 g/mol. The second-order valence-electron chi connectivity index (χ2n) is 6.84. The van der Waals surface area contributed by atoms with E-state index in [2.05, 4.69) is 15.5 Å². The quantitative estimate of drug-likeness (QED) is 0.624. The average molecular weight is 413 g/mol. The lowest BCUT2D eigenvalue weighted by atomic mass is 10.2. The summed E-state index contributed by atoms with van der Waals surface area (Å²) in [7, 11) is 0. The highest BCUT2D eigenvalue weighted by molar-refractivity contribution is 7.18. The summed E-state index contributed by atoms with van der Waals surface area (Å²) in [6.07, 6.45) is 3.51. The summed E-state index contributed by atoms with van der Waals surface area (Å²) in [5.41, 5.74) is 1.58. The summed E-state index contributed by atoms with van der Waals surface area (Å²) in [5.74, 6) is -1.09. The molecule has 8 heteroatoms. The van der Waals surface area contributed by atoms with Gasteiger partial charge in [0.1, 0.15) is 11.5 Å². The van der Waals surface area contributed by atoms with E-state index in [9.17, 15) is 14.0 Å². The van der Waals surface area contributed by atoms with E-state index in [4.69, 9.17) is 4.42 Å². The molecule has 2 N–H and O–H groups in total. The number of amides is 2. The lowest BCUT2D eigenvalue weighted by Crippen LogP contribution is -2.21. The minimum Gasteiger partial charge on any atom is -0.459 e. The lowest BCUT2D eigenvalue weighted by Gasteiger charge is -2.21. The summed E-state index contributed by atoms with van der Waals surface area (Å²) in [5, 5.41) is 5.96. The van der Waals surface area contributed by atoms with Gasteiger partial charge < -0.3 is 20.0 Å². The van der Waals surface area contributed by atoms with Crippen molar-refractivity contribution < 1.29 is 18.4 Å². The standard InChI is InChI=1S/C21H20FN3O3S/c1-13-12-17(23-20(26)16-8-5-11-28-16)29-19(13)21(27)24-18-14(22)6-4-7-15(18)25-9-2-3-10-25/h4-8,11-12H,2-3,9-10H2,1H3,(H,23,26)(H,24,27). The topological polar surface area (TPSA) is 74.6 Å². The number of furan rings is 1. The van der Waals surface area contributed by atoms with E-state index in [-0.39, 0.29) is 11.4 Å². The molecule has 4 rings (SSSR count). The third-order valence-electron chi connectivity index (χ3n) is 4.78. The Morgan fingerprint density at radius 3 is 2.62 bits per heavy atom. The molecule has 0 aliphatic carbocycles. The van der Waals surface area contributed by atoms with Gasteiger partial charge in [-0.1, -0.05) is 6.07 Å². The molecule has 0 spiro atoms. The molecule has 6 nitrogen and oxygen atoms in total. The molecule has 3 aromatic rings. The maximum atomic E-state index is 14.5. The van der Waals surface area contributed by atoms with Crippen LogP contribution in [0.4, 0.5) is 20.8 Å². The minimum absolute atomic E-state index is 0.184. The molecular formula is C21H20FN3O3S. The van der Waals surface area contributed by atoms with Gasteiger partial charge in [-0.3, -0.25) is 9.59 Å². The Morgan fingerprint density at radius 1 is 1.10 bits per heavy atom. The SMILES string of the molecule is Cc1cc(NC(=O)c2ccco2)sc1C(=O)Nc1c(F)cccc1N1CCCC1. The Balaban J connectivity index is 1.54. The minimum atomic E-state index is -0.469. The number of nitrogens with one attached hydrogen (secondary N) is 2. The number of hydrogen-bond acceptors (Lipinski definition) is 5. The zero-order chi connectivity index (χ0) is 20.4. The molecule has 150 valence electrons. The van der Waals surface area contributed by atoms with Crippen molar-refractivity contribution in [2.75, 3.05) is 28.6 Å². The van der Waals surface area contributed by atoms with E-state index in [1.807, 2.05) is 6.07 Å². The smallest absolute Gasteiger partial charge is 0.291 e. The van der Waals surface area contributed by atoms with Crippen LogP contribution in [0, 0.1) is 12.7 Å². The van der Waals surface area contributed by atoms with Crippen LogP contribution in [-0.4, -0.2) is 24.9 Å². The zero-order valence-corrected chi connectivity index (χ0v) is 16.6. The highest BCUT2D eigenvalue weighted by Crippen LogP contribution is 2.33. The molecule has 2 amide bonds. The van der Waals surface area contributed by atoms with Crippen molar-refractivity contribution in [2.45, 2.75) is 19.8 Å². The fraction of sp³-hybridized carbons (Fsp3) is 0.238. The molecule has 1 fully saturated rings. The van der Waals surface area contributed by atoms with E-state index >= 15 is 0 Å². The fourth-order valence-electron chi connectivity index (χ4n) is 3.38. The van der Waals surface area contributed by atoms with Crippen molar-refractivity contribution in [3.63, 3.8) is 0 Å². The van der Waals surface area contributed by atoms with Gasteiger partial charge in [-0.25, -0.2) is 4.39 Å². The number of anilines is 3.